The number of nitrogens with one attached hydrogen (secondary N) is 1. The predicted octanol–water partition coefficient (Wildman–Crippen LogP) is 0.920. The van der Waals surface area contributed by atoms with Crippen LogP contribution in [0.2, 0.25) is 5.02 Å². The first kappa shape index (κ1) is 12.3. The molecule has 0 saturated carbocycles. The molecule has 5 nitrogen and oxygen atoms in total. The minimum atomic E-state index is -1.51. The highest BCUT2D eigenvalue weighted by atomic mass is 35.5. The van der Waals surface area contributed by atoms with Gasteiger partial charge in [-0.15, -0.1) is 0 Å². The lowest BCUT2D eigenvalue weighted by Crippen LogP contribution is -2.33. The van der Waals surface area contributed by atoms with Gasteiger partial charge in [0, 0.05) is 5.02 Å². The number of hydrogen-bond acceptors (Lipinski definition) is 3. The summed E-state index contributed by atoms with van der Waals surface area (Å²) >= 11 is 5.72. The summed E-state index contributed by atoms with van der Waals surface area (Å²) < 4.78 is 5.22. The lowest BCUT2D eigenvalue weighted by Gasteiger charge is -2.06. The third-order valence-electron chi connectivity index (χ3n) is 1.65. The van der Waals surface area contributed by atoms with Crippen LogP contribution < -0.4 is 10.1 Å². The third kappa shape index (κ3) is 4.18. The molecule has 0 fully saturated rings. The first-order chi connectivity index (χ1) is 7.59. The quantitative estimate of drug-likeness (QED) is 0.609. The molecule has 0 heterocycles. The Balaban J connectivity index is 2.26. The maximum absolute atomic E-state index is 10.6. The van der Waals surface area contributed by atoms with E-state index < -0.39 is 11.9 Å². The van der Waals surface area contributed by atoms with Crippen LogP contribution in [0, 0.1) is 0 Å². The van der Waals surface area contributed by atoms with Crippen molar-refractivity contribution in [3.63, 3.8) is 0 Å². The van der Waals surface area contributed by atoms with E-state index >= 15 is 0 Å². The molecule has 0 atom stereocenters. The Morgan fingerprint density at radius 3 is 2.81 bits per heavy atom. The zero-order valence-electron chi connectivity index (χ0n) is 8.27. The Kier molecular flexibility index (Phi) is 4.60. The zero-order chi connectivity index (χ0) is 12.0. The van der Waals surface area contributed by atoms with E-state index in [0.717, 1.165) is 0 Å². The van der Waals surface area contributed by atoms with Crippen molar-refractivity contribution in [1.29, 1.82) is 0 Å². The van der Waals surface area contributed by atoms with Crippen LogP contribution in [0.1, 0.15) is 0 Å². The molecule has 16 heavy (non-hydrogen) atoms. The van der Waals surface area contributed by atoms with Crippen molar-refractivity contribution < 1.29 is 19.4 Å². The molecule has 0 spiro atoms. The van der Waals surface area contributed by atoms with Crippen molar-refractivity contribution in [2.45, 2.75) is 0 Å². The molecule has 1 amide bonds. The van der Waals surface area contributed by atoms with Crippen LogP contribution in [0.5, 0.6) is 5.75 Å². The molecule has 0 aliphatic heterocycles. The first-order valence-electron chi connectivity index (χ1n) is 4.49. The van der Waals surface area contributed by atoms with Crippen molar-refractivity contribution in [2.24, 2.45) is 0 Å². The fourth-order valence-electron chi connectivity index (χ4n) is 0.966. The van der Waals surface area contributed by atoms with Gasteiger partial charge in [-0.05, 0) is 18.2 Å². The fourth-order valence-corrected chi connectivity index (χ4v) is 1.15. The number of ether oxygens (including phenoxy) is 1. The fraction of sp³-hybridized carbons (Fsp3) is 0.200. The van der Waals surface area contributed by atoms with Gasteiger partial charge in [-0.2, -0.15) is 0 Å². The van der Waals surface area contributed by atoms with E-state index in [2.05, 4.69) is 5.32 Å². The molecule has 0 aliphatic carbocycles. The topological polar surface area (TPSA) is 75.6 Å². The molecule has 0 aliphatic rings. The van der Waals surface area contributed by atoms with E-state index in [-0.39, 0.29) is 13.2 Å². The molecule has 1 aromatic rings. The van der Waals surface area contributed by atoms with Gasteiger partial charge in [0.25, 0.3) is 0 Å². The lowest BCUT2D eigenvalue weighted by molar-refractivity contribution is -0.150. The van der Waals surface area contributed by atoms with Crippen LogP contribution in [0.25, 0.3) is 0 Å². The second kappa shape index (κ2) is 5.97. The van der Waals surface area contributed by atoms with Crippen LogP contribution in [-0.4, -0.2) is 30.1 Å². The Morgan fingerprint density at radius 2 is 2.19 bits per heavy atom. The van der Waals surface area contributed by atoms with Crippen LogP contribution in [0.15, 0.2) is 24.3 Å². The van der Waals surface area contributed by atoms with E-state index in [0.29, 0.717) is 10.8 Å². The summed E-state index contributed by atoms with van der Waals surface area (Å²) in [6.07, 6.45) is 0. The van der Waals surface area contributed by atoms with E-state index in [1.54, 1.807) is 24.3 Å². The number of amides is 1. The molecular weight excluding hydrogens is 234 g/mol. The predicted molar refractivity (Wildman–Crippen MR) is 57.6 cm³/mol. The van der Waals surface area contributed by atoms with Crippen LogP contribution in [0.4, 0.5) is 0 Å². The normalized spacial score (nSPS) is 9.56. The van der Waals surface area contributed by atoms with Gasteiger partial charge >= 0.3 is 11.9 Å². The summed E-state index contributed by atoms with van der Waals surface area (Å²) in [7, 11) is 0. The molecule has 0 bridgehead atoms. The number of hydrogen-bond donors (Lipinski definition) is 2. The van der Waals surface area contributed by atoms with Crippen molar-refractivity contribution in [3.8, 4) is 5.75 Å². The summed E-state index contributed by atoms with van der Waals surface area (Å²) in [5, 5.41) is 11.0. The van der Waals surface area contributed by atoms with Gasteiger partial charge in [0.05, 0.1) is 6.54 Å². The first-order valence-corrected chi connectivity index (χ1v) is 4.87. The standard InChI is InChI=1S/C10H10ClNO4/c11-7-2-1-3-8(6-7)16-5-4-12-9(13)10(14)15/h1-3,6H,4-5H2,(H,12,13)(H,14,15). The number of aliphatic carboxylic acids is 1. The number of benzene rings is 1. The molecule has 1 aromatic carbocycles. The van der Waals surface area contributed by atoms with Gasteiger partial charge in [-0.1, -0.05) is 17.7 Å². The highest BCUT2D eigenvalue weighted by Gasteiger charge is 2.08. The van der Waals surface area contributed by atoms with Gasteiger partial charge in [0.15, 0.2) is 0 Å². The van der Waals surface area contributed by atoms with Crippen molar-refractivity contribution in [3.05, 3.63) is 29.3 Å². The Bertz CT molecular complexity index is 394. The summed E-state index contributed by atoms with van der Waals surface area (Å²) in [4.78, 5) is 20.8. The molecule has 2 N–H and O–H groups in total. The maximum Gasteiger partial charge on any atom is 0.394 e. The largest absolute Gasteiger partial charge is 0.492 e. The molecular formula is C10H10ClNO4. The van der Waals surface area contributed by atoms with Gasteiger partial charge < -0.3 is 15.2 Å². The van der Waals surface area contributed by atoms with Gasteiger partial charge in [0.2, 0.25) is 0 Å². The molecule has 0 radical (unpaired) electrons. The molecule has 1 rings (SSSR count). The average molecular weight is 244 g/mol. The van der Waals surface area contributed by atoms with Gasteiger partial charge in [-0.3, -0.25) is 4.79 Å². The molecule has 0 aromatic heterocycles. The minimum Gasteiger partial charge on any atom is -0.492 e. The van der Waals surface area contributed by atoms with E-state index in [1.807, 2.05) is 0 Å². The summed E-state index contributed by atoms with van der Waals surface area (Å²) in [5.41, 5.74) is 0. The maximum atomic E-state index is 10.6. The number of carboxylic acids is 1. The molecule has 0 unspecified atom stereocenters. The number of carbonyl (C=O) groups is 2. The van der Waals surface area contributed by atoms with E-state index in [9.17, 15) is 9.59 Å². The second-order valence-electron chi connectivity index (χ2n) is 2.87. The van der Waals surface area contributed by atoms with E-state index in [1.165, 1.54) is 0 Å². The zero-order valence-corrected chi connectivity index (χ0v) is 9.03. The monoisotopic (exact) mass is 243 g/mol. The highest BCUT2D eigenvalue weighted by molar-refractivity contribution is 6.31. The van der Waals surface area contributed by atoms with E-state index in [4.69, 9.17) is 21.4 Å². The number of carboxylic acid groups (broad SMARTS) is 1. The van der Waals surface area contributed by atoms with Crippen LogP contribution in [-0.2, 0) is 9.59 Å². The molecule has 86 valence electrons. The average Bonchev–Trinajstić information content (AvgIpc) is 2.24. The summed E-state index contributed by atoms with van der Waals surface area (Å²) in [6.45, 7) is 0.303. The summed E-state index contributed by atoms with van der Waals surface area (Å²) in [6, 6.07) is 6.78. The Labute approximate surface area is 97.0 Å². The van der Waals surface area contributed by atoms with Crippen LogP contribution in [0.3, 0.4) is 0 Å². The Morgan fingerprint density at radius 1 is 1.44 bits per heavy atom. The van der Waals surface area contributed by atoms with Crippen molar-refractivity contribution in [2.75, 3.05) is 13.2 Å². The second-order valence-corrected chi connectivity index (χ2v) is 3.30. The smallest absolute Gasteiger partial charge is 0.394 e. The van der Waals surface area contributed by atoms with Gasteiger partial charge in [0.1, 0.15) is 12.4 Å². The molecule has 6 heteroatoms. The SMILES string of the molecule is O=C(O)C(=O)NCCOc1cccc(Cl)c1. The summed E-state index contributed by atoms with van der Waals surface area (Å²) in [5.74, 6) is -1.99. The molecule has 0 saturated heterocycles. The number of rotatable bonds is 4. The highest BCUT2D eigenvalue weighted by Crippen LogP contribution is 2.16. The number of carbonyl (C=O) groups excluding carboxylic acids is 1. The van der Waals surface area contributed by atoms with Crippen LogP contribution >= 0.6 is 11.6 Å². The van der Waals surface area contributed by atoms with Crippen molar-refractivity contribution >= 4 is 23.5 Å². The minimum absolute atomic E-state index is 0.123. The Hall–Kier alpha value is -1.75. The number of halogens is 1. The van der Waals surface area contributed by atoms with Crippen molar-refractivity contribution in [1.82, 2.24) is 5.32 Å². The third-order valence-corrected chi connectivity index (χ3v) is 1.88. The lowest BCUT2D eigenvalue weighted by atomic mass is 10.3. The van der Waals surface area contributed by atoms with Gasteiger partial charge in [-0.25, -0.2) is 4.79 Å².